The second kappa shape index (κ2) is 5.71. The molecule has 0 saturated heterocycles. The fraction of sp³-hybridized carbons (Fsp3) is 0.462. The standard InChI is InChI=1S/C13H16BrNO3/c14-10-3-1-2-9(6-11(15)13(16)17)12(10)18-7-8-4-5-8/h1-3,8,11H,4-7,15H2,(H,16,17). The number of para-hydroxylation sites is 1. The fourth-order valence-corrected chi connectivity index (χ4v) is 2.21. The maximum Gasteiger partial charge on any atom is 0.320 e. The molecule has 3 N–H and O–H groups in total. The quantitative estimate of drug-likeness (QED) is 0.844. The topological polar surface area (TPSA) is 72.5 Å². The summed E-state index contributed by atoms with van der Waals surface area (Å²) in [5.74, 6) is 0.377. The van der Waals surface area contributed by atoms with E-state index in [9.17, 15) is 4.79 Å². The predicted molar refractivity (Wildman–Crippen MR) is 71.7 cm³/mol. The van der Waals surface area contributed by atoms with Crippen LogP contribution in [0.15, 0.2) is 22.7 Å². The first-order valence-electron chi connectivity index (χ1n) is 5.96. The van der Waals surface area contributed by atoms with E-state index >= 15 is 0 Å². The number of carboxylic acids is 1. The Balaban J connectivity index is 2.11. The molecule has 1 atom stereocenters. The maximum absolute atomic E-state index is 10.8. The van der Waals surface area contributed by atoms with Gasteiger partial charge in [-0.05, 0) is 46.3 Å². The van der Waals surface area contributed by atoms with Crippen molar-refractivity contribution in [1.82, 2.24) is 0 Å². The highest BCUT2D eigenvalue weighted by Gasteiger charge is 2.23. The molecular formula is C13H16BrNO3. The van der Waals surface area contributed by atoms with Gasteiger partial charge in [-0.15, -0.1) is 0 Å². The first-order valence-corrected chi connectivity index (χ1v) is 6.76. The van der Waals surface area contributed by atoms with Crippen LogP contribution in [0.4, 0.5) is 0 Å². The van der Waals surface area contributed by atoms with Crippen LogP contribution in [0.5, 0.6) is 5.75 Å². The van der Waals surface area contributed by atoms with E-state index < -0.39 is 12.0 Å². The number of halogens is 1. The molecule has 18 heavy (non-hydrogen) atoms. The smallest absolute Gasteiger partial charge is 0.320 e. The average Bonchev–Trinajstić information content (AvgIpc) is 3.12. The minimum Gasteiger partial charge on any atom is -0.492 e. The number of carbonyl (C=O) groups is 1. The van der Waals surface area contributed by atoms with Crippen molar-refractivity contribution < 1.29 is 14.6 Å². The van der Waals surface area contributed by atoms with Crippen LogP contribution in [-0.2, 0) is 11.2 Å². The number of rotatable bonds is 6. The number of nitrogens with two attached hydrogens (primary N) is 1. The zero-order chi connectivity index (χ0) is 13.1. The minimum absolute atomic E-state index is 0.273. The van der Waals surface area contributed by atoms with Gasteiger partial charge in [0.1, 0.15) is 11.8 Å². The van der Waals surface area contributed by atoms with Gasteiger partial charge in [0.05, 0.1) is 11.1 Å². The molecule has 1 unspecified atom stereocenters. The largest absolute Gasteiger partial charge is 0.492 e. The second-order valence-electron chi connectivity index (χ2n) is 4.63. The number of carboxylic acid groups (broad SMARTS) is 1. The summed E-state index contributed by atoms with van der Waals surface area (Å²) in [6.45, 7) is 0.692. The second-order valence-corrected chi connectivity index (χ2v) is 5.49. The molecule has 1 aromatic carbocycles. The van der Waals surface area contributed by atoms with Crippen LogP contribution >= 0.6 is 15.9 Å². The molecule has 0 radical (unpaired) electrons. The normalized spacial score (nSPS) is 16.3. The monoisotopic (exact) mass is 313 g/mol. The summed E-state index contributed by atoms with van der Waals surface area (Å²) in [5, 5.41) is 8.85. The molecular weight excluding hydrogens is 298 g/mol. The minimum atomic E-state index is -0.997. The summed E-state index contributed by atoms with van der Waals surface area (Å²) < 4.78 is 6.62. The van der Waals surface area contributed by atoms with Crippen molar-refractivity contribution in [2.75, 3.05) is 6.61 Å². The lowest BCUT2D eigenvalue weighted by Crippen LogP contribution is -2.32. The van der Waals surface area contributed by atoms with Crippen LogP contribution in [-0.4, -0.2) is 23.7 Å². The van der Waals surface area contributed by atoms with Gasteiger partial charge < -0.3 is 15.6 Å². The number of ether oxygens (including phenoxy) is 1. The molecule has 0 aromatic heterocycles. The van der Waals surface area contributed by atoms with Gasteiger partial charge in [0.15, 0.2) is 0 Å². The van der Waals surface area contributed by atoms with Gasteiger partial charge in [-0.1, -0.05) is 12.1 Å². The molecule has 2 rings (SSSR count). The first-order chi connectivity index (χ1) is 8.58. The molecule has 1 fully saturated rings. The lowest BCUT2D eigenvalue weighted by atomic mass is 10.1. The van der Waals surface area contributed by atoms with Gasteiger partial charge >= 0.3 is 5.97 Å². The summed E-state index contributed by atoms with van der Waals surface area (Å²) in [7, 11) is 0. The Kier molecular flexibility index (Phi) is 4.24. The van der Waals surface area contributed by atoms with Crippen LogP contribution in [0.2, 0.25) is 0 Å². The Bertz CT molecular complexity index is 446. The highest BCUT2D eigenvalue weighted by atomic mass is 79.9. The molecule has 1 aliphatic carbocycles. The molecule has 0 heterocycles. The molecule has 4 nitrogen and oxygen atoms in total. The summed E-state index contributed by atoms with van der Waals surface area (Å²) in [6.07, 6.45) is 2.71. The van der Waals surface area contributed by atoms with E-state index in [1.807, 2.05) is 18.2 Å². The third-order valence-electron chi connectivity index (χ3n) is 2.97. The summed E-state index contributed by atoms with van der Waals surface area (Å²) >= 11 is 3.43. The van der Waals surface area contributed by atoms with Crippen molar-refractivity contribution in [2.45, 2.75) is 25.3 Å². The van der Waals surface area contributed by atoms with Crippen molar-refractivity contribution in [2.24, 2.45) is 11.7 Å². The molecule has 1 aliphatic rings. The number of benzene rings is 1. The first kappa shape index (κ1) is 13.4. The fourth-order valence-electron chi connectivity index (χ4n) is 1.69. The van der Waals surface area contributed by atoms with Gasteiger partial charge in [0.25, 0.3) is 0 Å². The van der Waals surface area contributed by atoms with E-state index in [-0.39, 0.29) is 6.42 Å². The Morgan fingerprint density at radius 1 is 1.56 bits per heavy atom. The SMILES string of the molecule is NC(Cc1cccc(Br)c1OCC1CC1)C(=O)O. The molecule has 5 heteroatoms. The van der Waals surface area contributed by atoms with E-state index in [1.54, 1.807) is 0 Å². The van der Waals surface area contributed by atoms with E-state index in [0.29, 0.717) is 12.5 Å². The third-order valence-corrected chi connectivity index (χ3v) is 3.59. The van der Waals surface area contributed by atoms with Crippen molar-refractivity contribution in [3.05, 3.63) is 28.2 Å². The molecule has 1 saturated carbocycles. The van der Waals surface area contributed by atoms with Gasteiger partial charge in [0, 0.05) is 6.42 Å². The van der Waals surface area contributed by atoms with Crippen molar-refractivity contribution >= 4 is 21.9 Å². The molecule has 0 aliphatic heterocycles. The van der Waals surface area contributed by atoms with Crippen molar-refractivity contribution in [1.29, 1.82) is 0 Å². The van der Waals surface area contributed by atoms with Crippen LogP contribution < -0.4 is 10.5 Å². The number of hydrogen-bond acceptors (Lipinski definition) is 3. The highest BCUT2D eigenvalue weighted by molar-refractivity contribution is 9.10. The van der Waals surface area contributed by atoms with Crippen LogP contribution in [0, 0.1) is 5.92 Å². The predicted octanol–water partition coefficient (Wildman–Crippen LogP) is 2.19. The maximum atomic E-state index is 10.8. The van der Waals surface area contributed by atoms with Gasteiger partial charge in [-0.2, -0.15) is 0 Å². The molecule has 98 valence electrons. The number of hydrogen-bond donors (Lipinski definition) is 2. The van der Waals surface area contributed by atoms with Crippen LogP contribution in [0.1, 0.15) is 18.4 Å². The van der Waals surface area contributed by atoms with Gasteiger partial charge in [0.2, 0.25) is 0 Å². The van der Waals surface area contributed by atoms with E-state index in [4.69, 9.17) is 15.6 Å². The van der Waals surface area contributed by atoms with Crippen molar-refractivity contribution in [3.8, 4) is 5.75 Å². The van der Waals surface area contributed by atoms with Crippen LogP contribution in [0.3, 0.4) is 0 Å². The molecule has 0 bridgehead atoms. The Morgan fingerprint density at radius 2 is 2.28 bits per heavy atom. The average molecular weight is 314 g/mol. The Labute approximate surface area is 114 Å². The summed E-state index contributed by atoms with van der Waals surface area (Å²) in [5.41, 5.74) is 6.40. The lowest BCUT2D eigenvalue weighted by molar-refractivity contribution is -0.138. The Morgan fingerprint density at radius 3 is 2.89 bits per heavy atom. The third kappa shape index (κ3) is 3.46. The van der Waals surface area contributed by atoms with E-state index in [1.165, 1.54) is 12.8 Å². The number of aliphatic carboxylic acids is 1. The summed E-state index contributed by atoms with van der Waals surface area (Å²) in [4.78, 5) is 10.8. The zero-order valence-corrected chi connectivity index (χ0v) is 11.5. The molecule has 1 aromatic rings. The highest BCUT2D eigenvalue weighted by Crippen LogP contribution is 2.34. The lowest BCUT2D eigenvalue weighted by Gasteiger charge is -2.14. The zero-order valence-electron chi connectivity index (χ0n) is 9.93. The van der Waals surface area contributed by atoms with E-state index in [0.717, 1.165) is 15.8 Å². The van der Waals surface area contributed by atoms with Crippen molar-refractivity contribution in [3.63, 3.8) is 0 Å². The van der Waals surface area contributed by atoms with Crippen LogP contribution in [0.25, 0.3) is 0 Å². The summed E-state index contributed by atoms with van der Waals surface area (Å²) in [6, 6.07) is 4.70. The van der Waals surface area contributed by atoms with E-state index in [2.05, 4.69) is 15.9 Å². The van der Waals surface area contributed by atoms with Gasteiger partial charge in [-0.3, -0.25) is 4.79 Å². The Hall–Kier alpha value is -1.07. The van der Waals surface area contributed by atoms with Gasteiger partial charge in [-0.25, -0.2) is 0 Å². The molecule has 0 amide bonds. The molecule has 0 spiro atoms.